The Kier molecular flexibility index (Phi) is 4.57. The third-order valence-electron chi connectivity index (χ3n) is 2.71. The van der Waals surface area contributed by atoms with Crippen molar-refractivity contribution in [3.8, 4) is 0 Å². The maximum atomic E-state index is 10.1. The van der Waals surface area contributed by atoms with Crippen LogP contribution in [-0.4, -0.2) is 5.11 Å². The molecule has 2 heteroatoms. The summed E-state index contributed by atoms with van der Waals surface area (Å²) in [5, 5.41) is 10.1. The lowest BCUT2D eigenvalue weighted by atomic mass is 9.95. The fourth-order valence-corrected chi connectivity index (χ4v) is 2.65. The maximum absolute atomic E-state index is 10.1. The molecule has 1 aromatic heterocycles. The van der Waals surface area contributed by atoms with E-state index in [0.717, 1.165) is 17.7 Å². The highest BCUT2D eigenvalue weighted by Crippen LogP contribution is 2.33. The van der Waals surface area contributed by atoms with Gasteiger partial charge in [0.1, 0.15) is 0 Å². The average molecular weight is 240 g/mol. The molecule has 1 N–H and O–H groups in total. The van der Waals surface area contributed by atoms with Gasteiger partial charge in [-0.1, -0.05) is 34.6 Å². The van der Waals surface area contributed by atoms with Gasteiger partial charge in [-0.05, 0) is 36.3 Å². The maximum Gasteiger partial charge on any atom is 0.0882 e. The van der Waals surface area contributed by atoms with Crippen molar-refractivity contribution in [2.45, 2.75) is 59.0 Å². The first-order valence-electron chi connectivity index (χ1n) is 6.09. The molecule has 1 aromatic rings. The van der Waals surface area contributed by atoms with Gasteiger partial charge in [-0.25, -0.2) is 0 Å². The molecule has 1 heterocycles. The van der Waals surface area contributed by atoms with Gasteiger partial charge < -0.3 is 5.11 Å². The van der Waals surface area contributed by atoms with E-state index in [2.05, 4.69) is 46.8 Å². The van der Waals surface area contributed by atoms with Gasteiger partial charge in [-0.2, -0.15) is 0 Å². The van der Waals surface area contributed by atoms with E-state index in [1.165, 1.54) is 4.88 Å². The number of hydrogen-bond donors (Lipinski definition) is 1. The highest BCUT2D eigenvalue weighted by atomic mass is 32.1. The van der Waals surface area contributed by atoms with E-state index >= 15 is 0 Å². The van der Waals surface area contributed by atoms with Crippen LogP contribution < -0.4 is 0 Å². The minimum atomic E-state index is -0.275. The average Bonchev–Trinajstić information content (AvgIpc) is 2.61. The van der Waals surface area contributed by atoms with E-state index in [4.69, 9.17) is 0 Å². The van der Waals surface area contributed by atoms with Crippen molar-refractivity contribution in [2.75, 3.05) is 0 Å². The van der Waals surface area contributed by atoms with E-state index in [1.54, 1.807) is 11.3 Å². The van der Waals surface area contributed by atoms with Crippen LogP contribution in [0, 0.1) is 5.92 Å². The lowest BCUT2D eigenvalue weighted by Gasteiger charge is -2.16. The fraction of sp³-hybridized carbons (Fsp3) is 0.714. The highest BCUT2D eigenvalue weighted by molar-refractivity contribution is 7.12. The molecule has 1 nitrogen and oxygen atoms in total. The van der Waals surface area contributed by atoms with Gasteiger partial charge in [0.2, 0.25) is 0 Å². The quantitative estimate of drug-likeness (QED) is 0.820. The van der Waals surface area contributed by atoms with Crippen LogP contribution in [0.5, 0.6) is 0 Å². The summed E-state index contributed by atoms with van der Waals surface area (Å²) in [7, 11) is 0. The third kappa shape index (κ3) is 3.91. The molecule has 0 aliphatic rings. The molecule has 0 spiro atoms. The van der Waals surface area contributed by atoms with E-state index in [9.17, 15) is 5.11 Å². The van der Waals surface area contributed by atoms with Crippen LogP contribution in [0.3, 0.4) is 0 Å². The van der Waals surface area contributed by atoms with Crippen LogP contribution in [0.4, 0.5) is 0 Å². The van der Waals surface area contributed by atoms with Crippen molar-refractivity contribution in [2.24, 2.45) is 5.92 Å². The summed E-state index contributed by atoms with van der Waals surface area (Å²) in [6.45, 7) is 11.0. The van der Waals surface area contributed by atoms with Crippen LogP contribution in [0.2, 0.25) is 0 Å². The van der Waals surface area contributed by atoms with Crippen LogP contribution in [-0.2, 0) is 5.41 Å². The van der Waals surface area contributed by atoms with Gasteiger partial charge in [0, 0.05) is 9.75 Å². The van der Waals surface area contributed by atoms with Gasteiger partial charge in [0.05, 0.1) is 6.10 Å². The van der Waals surface area contributed by atoms with Crippen LogP contribution in [0.25, 0.3) is 0 Å². The van der Waals surface area contributed by atoms with Crippen molar-refractivity contribution in [1.29, 1.82) is 0 Å². The molecule has 0 aliphatic heterocycles. The Labute approximate surface area is 104 Å². The van der Waals surface area contributed by atoms with Crippen molar-refractivity contribution in [3.63, 3.8) is 0 Å². The summed E-state index contributed by atoms with van der Waals surface area (Å²) in [6, 6.07) is 4.23. The van der Waals surface area contributed by atoms with E-state index in [-0.39, 0.29) is 11.5 Å². The second kappa shape index (κ2) is 5.33. The van der Waals surface area contributed by atoms with Crippen LogP contribution >= 0.6 is 11.3 Å². The molecular formula is C14H24OS. The molecule has 92 valence electrons. The molecule has 0 fully saturated rings. The fourth-order valence-electron chi connectivity index (χ4n) is 1.57. The Morgan fingerprint density at radius 2 is 1.81 bits per heavy atom. The van der Waals surface area contributed by atoms with Gasteiger partial charge >= 0.3 is 0 Å². The van der Waals surface area contributed by atoms with Gasteiger partial charge in [0.25, 0.3) is 0 Å². The number of hydrogen-bond acceptors (Lipinski definition) is 2. The Bertz CT molecular complexity index is 320. The minimum Gasteiger partial charge on any atom is -0.388 e. The van der Waals surface area contributed by atoms with Gasteiger partial charge in [-0.3, -0.25) is 0 Å². The van der Waals surface area contributed by atoms with Gasteiger partial charge in [0.15, 0.2) is 0 Å². The smallest absolute Gasteiger partial charge is 0.0882 e. The lowest BCUT2D eigenvalue weighted by molar-refractivity contribution is 0.163. The molecule has 0 saturated carbocycles. The zero-order valence-corrected chi connectivity index (χ0v) is 11.9. The Morgan fingerprint density at radius 1 is 1.19 bits per heavy atom. The first kappa shape index (κ1) is 13.7. The second-order valence-corrected chi connectivity index (χ2v) is 7.05. The third-order valence-corrected chi connectivity index (χ3v) is 4.32. The van der Waals surface area contributed by atoms with Crippen molar-refractivity contribution in [3.05, 3.63) is 21.9 Å². The van der Waals surface area contributed by atoms with Gasteiger partial charge in [-0.15, -0.1) is 11.3 Å². The van der Waals surface area contributed by atoms with E-state index in [0.29, 0.717) is 5.92 Å². The summed E-state index contributed by atoms with van der Waals surface area (Å²) in [6.07, 6.45) is 1.69. The molecule has 0 amide bonds. The molecule has 0 aromatic carbocycles. The molecule has 1 rings (SSSR count). The first-order chi connectivity index (χ1) is 7.30. The summed E-state index contributed by atoms with van der Waals surface area (Å²) >= 11 is 1.75. The normalized spacial score (nSPS) is 14.4. The Morgan fingerprint density at radius 3 is 2.25 bits per heavy atom. The predicted molar refractivity (Wildman–Crippen MR) is 72.1 cm³/mol. The molecule has 16 heavy (non-hydrogen) atoms. The SMILES string of the molecule is CC(C)CCC(O)c1ccc(C(C)(C)C)s1. The largest absolute Gasteiger partial charge is 0.388 e. The standard InChI is InChI=1S/C14H24OS/c1-10(2)6-7-11(15)12-8-9-13(16-12)14(3,4)5/h8-11,15H,6-7H2,1-5H3. The first-order valence-corrected chi connectivity index (χ1v) is 6.90. The van der Waals surface area contributed by atoms with E-state index < -0.39 is 0 Å². The molecule has 0 bridgehead atoms. The highest BCUT2D eigenvalue weighted by Gasteiger charge is 2.18. The molecule has 0 aliphatic carbocycles. The van der Waals surface area contributed by atoms with Crippen molar-refractivity contribution < 1.29 is 5.11 Å². The topological polar surface area (TPSA) is 20.2 Å². The second-order valence-electron chi connectivity index (χ2n) is 5.94. The lowest BCUT2D eigenvalue weighted by Crippen LogP contribution is -2.07. The molecule has 1 atom stereocenters. The summed E-state index contributed by atoms with van der Waals surface area (Å²) < 4.78 is 0. The summed E-state index contributed by atoms with van der Waals surface area (Å²) in [5.41, 5.74) is 0.195. The van der Waals surface area contributed by atoms with Crippen molar-refractivity contribution >= 4 is 11.3 Å². The molecular weight excluding hydrogens is 216 g/mol. The van der Waals surface area contributed by atoms with E-state index in [1.807, 2.05) is 0 Å². The number of aliphatic hydroxyl groups excluding tert-OH is 1. The van der Waals surface area contributed by atoms with Crippen LogP contribution in [0.15, 0.2) is 12.1 Å². The van der Waals surface area contributed by atoms with Crippen molar-refractivity contribution in [1.82, 2.24) is 0 Å². The predicted octanol–water partition coefficient (Wildman–Crippen LogP) is 4.52. The summed E-state index contributed by atoms with van der Waals surface area (Å²) in [5.74, 6) is 0.664. The Hall–Kier alpha value is -0.340. The number of thiophene rings is 1. The monoisotopic (exact) mass is 240 g/mol. The minimum absolute atomic E-state index is 0.195. The zero-order valence-electron chi connectivity index (χ0n) is 11.1. The van der Waals surface area contributed by atoms with Crippen LogP contribution in [0.1, 0.15) is 63.3 Å². The number of rotatable bonds is 4. The summed E-state index contributed by atoms with van der Waals surface area (Å²) in [4.78, 5) is 2.47. The Balaban J connectivity index is 2.63. The molecule has 1 unspecified atom stereocenters. The zero-order chi connectivity index (χ0) is 12.3. The number of aliphatic hydroxyl groups is 1. The molecule has 0 saturated heterocycles. The molecule has 0 radical (unpaired) electrons.